The summed E-state index contributed by atoms with van der Waals surface area (Å²) >= 11 is 0. The highest BCUT2D eigenvalue weighted by Gasteiger charge is 2.41. The number of halogens is 3. The molecule has 4 aromatic rings. The topological polar surface area (TPSA) is 84.9 Å². The minimum absolute atomic E-state index is 0.249. The highest BCUT2D eigenvalue weighted by Crippen LogP contribution is 2.33. The molecule has 4 rings (SSSR count). The molecule has 0 radical (unpaired) electrons. The van der Waals surface area contributed by atoms with Crippen molar-refractivity contribution in [3.05, 3.63) is 77.3 Å². The summed E-state index contributed by atoms with van der Waals surface area (Å²) in [6.45, 7) is 0. The molecule has 0 aliphatic heterocycles. The summed E-state index contributed by atoms with van der Waals surface area (Å²) in [7, 11) is 0. The van der Waals surface area contributed by atoms with Crippen LogP contribution < -0.4 is 10.4 Å². The van der Waals surface area contributed by atoms with Crippen LogP contribution in [0, 0.1) is 0 Å². The number of benzene rings is 2. The number of carbonyl (C=O) groups is 1. The van der Waals surface area contributed by atoms with Gasteiger partial charge in [-0.25, -0.2) is 19.6 Å². The summed E-state index contributed by atoms with van der Waals surface area (Å²) in [5.74, 6) is -2.55. The Morgan fingerprint density at radius 3 is 2.33 bits per heavy atom. The van der Waals surface area contributed by atoms with Gasteiger partial charge in [0.25, 0.3) is 0 Å². The number of fused-ring (bicyclic) bond motifs is 1. The van der Waals surface area contributed by atoms with Crippen LogP contribution in [-0.2, 0) is 4.79 Å². The Bertz CT molecular complexity index is 1280. The van der Waals surface area contributed by atoms with Gasteiger partial charge in [0, 0.05) is 22.7 Å². The molecule has 0 bridgehead atoms. The smallest absolute Gasteiger partial charge is 0.420 e. The van der Waals surface area contributed by atoms with Crippen LogP contribution in [0.3, 0.4) is 0 Å². The molecule has 0 unspecified atom stereocenters. The Morgan fingerprint density at radius 1 is 0.967 bits per heavy atom. The highest BCUT2D eigenvalue weighted by atomic mass is 19.4. The molecule has 6 nitrogen and oxygen atoms in total. The Kier molecular flexibility index (Phi) is 4.78. The number of aromatic nitrogens is 3. The largest absolute Gasteiger partial charge is 0.491 e. The number of nitrogens with one attached hydrogen (secondary N) is 1. The molecule has 0 spiro atoms. The van der Waals surface area contributed by atoms with E-state index in [-0.39, 0.29) is 5.75 Å². The van der Waals surface area contributed by atoms with Gasteiger partial charge in [-0.1, -0.05) is 30.3 Å². The van der Waals surface area contributed by atoms with E-state index in [1.165, 1.54) is 30.5 Å². The number of pyridine rings is 1. The van der Waals surface area contributed by atoms with E-state index < -0.39 is 17.8 Å². The van der Waals surface area contributed by atoms with Crippen LogP contribution in [0.4, 0.5) is 13.2 Å². The normalized spacial score (nSPS) is 11.4. The zero-order chi connectivity index (χ0) is 21.3. The second-order valence-electron chi connectivity index (χ2n) is 6.29. The minimum atomic E-state index is -5.08. The predicted octanol–water partition coefficient (Wildman–Crippen LogP) is 4.12. The minimum Gasteiger partial charge on any atom is -0.420 e. The summed E-state index contributed by atoms with van der Waals surface area (Å²) in [4.78, 5) is 33.4. The predicted molar refractivity (Wildman–Crippen MR) is 103 cm³/mol. The number of rotatable bonds is 3. The number of carbonyl (C=O) groups excluding carboxylic acids is 1. The fourth-order valence-electron chi connectivity index (χ4n) is 2.89. The van der Waals surface area contributed by atoms with Crippen molar-refractivity contribution in [1.29, 1.82) is 0 Å². The van der Waals surface area contributed by atoms with Crippen LogP contribution in [0.2, 0.25) is 0 Å². The van der Waals surface area contributed by atoms with E-state index in [9.17, 15) is 22.8 Å². The Labute approximate surface area is 167 Å². The summed E-state index contributed by atoms with van der Waals surface area (Å²) in [5, 5.41) is 0.618. The van der Waals surface area contributed by atoms with E-state index in [1.807, 2.05) is 36.4 Å². The molecule has 0 saturated carbocycles. The SMILES string of the molecule is O=C(Oc1ccc(-c2nc3[nH]c(=O)ncc3cc2-c2ccccc2)cc1)C(F)(F)F. The first-order valence-corrected chi connectivity index (χ1v) is 8.66. The fraction of sp³-hybridized carbons (Fsp3) is 0.0476. The maximum Gasteiger partial charge on any atom is 0.491 e. The van der Waals surface area contributed by atoms with Crippen molar-refractivity contribution in [3.63, 3.8) is 0 Å². The Balaban J connectivity index is 1.81. The number of aromatic amines is 1. The summed E-state index contributed by atoms with van der Waals surface area (Å²) in [5.41, 5.74) is 2.39. The molecule has 1 N–H and O–H groups in total. The molecule has 0 saturated heterocycles. The number of hydrogen-bond donors (Lipinski definition) is 1. The van der Waals surface area contributed by atoms with Crippen LogP contribution in [-0.4, -0.2) is 27.1 Å². The zero-order valence-electron chi connectivity index (χ0n) is 15.1. The number of esters is 1. The van der Waals surface area contributed by atoms with Gasteiger partial charge in [-0.3, -0.25) is 4.98 Å². The fourth-order valence-corrected chi connectivity index (χ4v) is 2.89. The van der Waals surface area contributed by atoms with Crippen LogP contribution in [0.1, 0.15) is 0 Å². The van der Waals surface area contributed by atoms with E-state index in [0.29, 0.717) is 22.3 Å². The van der Waals surface area contributed by atoms with Crippen LogP contribution >= 0.6 is 0 Å². The van der Waals surface area contributed by atoms with Crippen molar-refractivity contribution < 1.29 is 22.7 Å². The maximum atomic E-state index is 12.4. The summed E-state index contributed by atoms with van der Waals surface area (Å²) in [6.07, 6.45) is -3.67. The molecule has 0 amide bonds. The van der Waals surface area contributed by atoms with Crippen LogP contribution in [0.15, 0.2) is 71.7 Å². The van der Waals surface area contributed by atoms with Gasteiger partial charge in [-0.2, -0.15) is 13.2 Å². The number of alkyl halides is 3. The van der Waals surface area contributed by atoms with Crippen molar-refractivity contribution in [2.24, 2.45) is 0 Å². The third-order valence-corrected chi connectivity index (χ3v) is 4.25. The van der Waals surface area contributed by atoms with Gasteiger partial charge in [0.15, 0.2) is 0 Å². The molecule has 2 heterocycles. The van der Waals surface area contributed by atoms with Crippen molar-refractivity contribution in [2.75, 3.05) is 0 Å². The highest BCUT2D eigenvalue weighted by molar-refractivity contribution is 5.89. The van der Waals surface area contributed by atoms with Crippen molar-refractivity contribution in [1.82, 2.24) is 15.0 Å². The van der Waals surface area contributed by atoms with Gasteiger partial charge in [0.1, 0.15) is 11.4 Å². The summed E-state index contributed by atoms with van der Waals surface area (Å²) < 4.78 is 41.5. The van der Waals surface area contributed by atoms with Crippen molar-refractivity contribution in [2.45, 2.75) is 6.18 Å². The average molecular weight is 411 g/mol. The molecule has 0 aliphatic carbocycles. The second kappa shape index (κ2) is 7.43. The Hall–Kier alpha value is -4.01. The van der Waals surface area contributed by atoms with E-state index in [2.05, 4.69) is 19.7 Å². The quantitative estimate of drug-likeness (QED) is 0.405. The van der Waals surface area contributed by atoms with Gasteiger partial charge in [-0.15, -0.1) is 0 Å². The first kappa shape index (κ1) is 19.3. The van der Waals surface area contributed by atoms with Crippen molar-refractivity contribution >= 4 is 17.0 Å². The molecule has 150 valence electrons. The standard InChI is InChI=1S/C21H12F3N3O3/c22-21(23,24)19(28)30-15-8-6-13(7-9-15)17-16(12-4-2-1-3-5-12)10-14-11-25-20(29)27-18(14)26-17/h1-11H,(H,25,26,27,29). The monoisotopic (exact) mass is 411 g/mol. The molecule has 0 atom stereocenters. The lowest BCUT2D eigenvalue weighted by Crippen LogP contribution is -2.27. The van der Waals surface area contributed by atoms with Gasteiger partial charge >= 0.3 is 17.8 Å². The molecule has 2 aromatic carbocycles. The van der Waals surface area contributed by atoms with Gasteiger partial charge in [-0.05, 0) is 35.9 Å². The lowest BCUT2D eigenvalue weighted by atomic mass is 9.98. The molecule has 0 aliphatic rings. The van der Waals surface area contributed by atoms with Crippen LogP contribution in [0.25, 0.3) is 33.4 Å². The average Bonchev–Trinajstić information content (AvgIpc) is 2.73. The second-order valence-corrected chi connectivity index (χ2v) is 6.29. The van der Waals surface area contributed by atoms with E-state index in [0.717, 1.165) is 11.1 Å². The molecule has 0 fully saturated rings. The first-order chi connectivity index (χ1) is 14.3. The number of nitrogens with zero attached hydrogens (tertiary/aromatic N) is 2. The lowest BCUT2D eigenvalue weighted by Gasteiger charge is -2.12. The number of ether oxygens (including phenoxy) is 1. The molecular formula is C21H12F3N3O3. The third-order valence-electron chi connectivity index (χ3n) is 4.25. The summed E-state index contributed by atoms with van der Waals surface area (Å²) in [6, 6.07) is 16.6. The first-order valence-electron chi connectivity index (χ1n) is 8.66. The Morgan fingerprint density at radius 2 is 1.67 bits per heavy atom. The van der Waals surface area contributed by atoms with Crippen LogP contribution in [0.5, 0.6) is 5.75 Å². The maximum absolute atomic E-state index is 12.4. The van der Waals surface area contributed by atoms with E-state index >= 15 is 0 Å². The van der Waals surface area contributed by atoms with E-state index in [4.69, 9.17) is 0 Å². The number of hydrogen-bond acceptors (Lipinski definition) is 5. The number of H-pyrrole nitrogens is 1. The zero-order valence-corrected chi connectivity index (χ0v) is 15.1. The van der Waals surface area contributed by atoms with Gasteiger partial charge in [0.05, 0.1) is 5.69 Å². The molecule has 9 heteroatoms. The lowest BCUT2D eigenvalue weighted by molar-refractivity contribution is -0.189. The molecule has 2 aromatic heterocycles. The third kappa shape index (κ3) is 3.90. The van der Waals surface area contributed by atoms with Crippen molar-refractivity contribution in [3.8, 4) is 28.1 Å². The van der Waals surface area contributed by atoms with E-state index in [1.54, 1.807) is 0 Å². The van der Waals surface area contributed by atoms with Gasteiger partial charge < -0.3 is 4.74 Å². The molecule has 30 heavy (non-hydrogen) atoms. The van der Waals surface area contributed by atoms with Gasteiger partial charge in [0.2, 0.25) is 0 Å². The molecular weight excluding hydrogens is 399 g/mol.